The van der Waals surface area contributed by atoms with E-state index in [0.717, 1.165) is 19.5 Å². The van der Waals surface area contributed by atoms with E-state index in [1.807, 2.05) is 0 Å². The second-order valence-electron chi connectivity index (χ2n) is 7.29. The van der Waals surface area contributed by atoms with Gasteiger partial charge < -0.3 is 10.6 Å². The van der Waals surface area contributed by atoms with Gasteiger partial charge in [-0.1, -0.05) is 32.9 Å². The highest BCUT2D eigenvalue weighted by atomic mass is 15.1. The summed E-state index contributed by atoms with van der Waals surface area (Å²) < 4.78 is 0. The van der Waals surface area contributed by atoms with Gasteiger partial charge in [0.2, 0.25) is 0 Å². The molecule has 0 aromatic heterocycles. The third-order valence-electron chi connectivity index (χ3n) is 4.10. The molecule has 1 aliphatic heterocycles. The molecule has 2 N–H and O–H groups in total. The highest BCUT2D eigenvalue weighted by molar-refractivity contribution is 5.58. The lowest BCUT2D eigenvalue weighted by atomic mass is 9.94. The predicted octanol–water partition coefficient (Wildman–Crippen LogP) is 2.66. The van der Waals surface area contributed by atoms with Crippen LogP contribution in [0.5, 0.6) is 0 Å². The molecule has 1 aromatic carbocycles. The first-order valence-electron chi connectivity index (χ1n) is 7.56. The first-order valence-corrected chi connectivity index (χ1v) is 7.56. The molecule has 0 saturated heterocycles. The Balaban J connectivity index is 2.20. The Morgan fingerprint density at radius 1 is 1.35 bits per heavy atom. The lowest BCUT2D eigenvalue weighted by Crippen LogP contribution is -2.36. The Bertz CT molecular complexity index is 462. The van der Waals surface area contributed by atoms with E-state index in [1.165, 1.54) is 16.8 Å². The number of nitrogens with two attached hydrogens (primary N) is 1. The Morgan fingerprint density at radius 3 is 2.65 bits per heavy atom. The van der Waals surface area contributed by atoms with Crippen molar-refractivity contribution in [3.05, 3.63) is 29.3 Å². The summed E-state index contributed by atoms with van der Waals surface area (Å²) in [6, 6.07) is 7.17. The molecule has 2 rings (SSSR count). The van der Waals surface area contributed by atoms with Crippen LogP contribution < -0.4 is 10.6 Å². The van der Waals surface area contributed by atoms with Gasteiger partial charge in [0.1, 0.15) is 0 Å². The molecule has 20 heavy (non-hydrogen) atoms. The van der Waals surface area contributed by atoms with Crippen molar-refractivity contribution in [3.63, 3.8) is 0 Å². The van der Waals surface area contributed by atoms with Gasteiger partial charge in [0, 0.05) is 38.4 Å². The lowest BCUT2D eigenvalue weighted by molar-refractivity contribution is 0.175. The van der Waals surface area contributed by atoms with Crippen LogP contribution in [0.15, 0.2) is 18.2 Å². The van der Waals surface area contributed by atoms with Crippen LogP contribution >= 0.6 is 0 Å². The van der Waals surface area contributed by atoms with Crippen molar-refractivity contribution in [3.8, 4) is 0 Å². The summed E-state index contributed by atoms with van der Waals surface area (Å²) in [5.74, 6) is 0. The van der Waals surface area contributed by atoms with Crippen molar-refractivity contribution in [1.29, 1.82) is 0 Å². The van der Waals surface area contributed by atoms with E-state index in [2.05, 4.69) is 62.9 Å². The van der Waals surface area contributed by atoms with Crippen LogP contribution in [-0.4, -0.2) is 38.6 Å². The van der Waals surface area contributed by atoms with Gasteiger partial charge in [0.15, 0.2) is 0 Å². The molecule has 3 heteroatoms. The van der Waals surface area contributed by atoms with Crippen LogP contribution in [0.4, 0.5) is 5.69 Å². The van der Waals surface area contributed by atoms with Crippen LogP contribution in [0.25, 0.3) is 0 Å². The summed E-state index contributed by atoms with van der Waals surface area (Å²) in [6.45, 7) is 9.66. The van der Waals surface area contributed by atoms with Gasteiger partial charge in [-0.2, -0.15) is 0 Å². The van der Waals surface area contributed by atoms with Crippen molar-refractivity contribution in [1.82, 2.24) is 4.90 Å². The molecule has 1 atom stereocenters. The molecular formula is C17H29N3. The standard InChI is InChI=1S/C17H29N3/c1-17(2,3)12-20(5)16(11-18)13-6-7-15-14(10-13)8-9-19(15)4/h6-7,10,16H,8-9,11-12,18H2,1-5H3. The van der Waals surface area contributed by atoms with Crippen molar-refractivity contribution in [2.75, 3.05) is 38.6 Å². The highest BCUT2D eigenvalue weighted by Gasteiger charge is 2.23. The van der Waals surface area contributed by atoms with E-state index >= 15 is 0 Å². The largest absolute Gasteiger partial charge is 0.374 e. The van der Waals surface area contributed by atoms with Gasteiger partial charge in [-0.25, -0.2) is 0 Å². The molecule has 0 fully saturated rings. The fraction of sp³-hybridized carbons (Fsp3) is 0.647. The number of hydrogen-bond donors (Lipinski definition) is 1. The number of likely N-dealkylation sites (N-methyl/N-ethyl adjacent to an activating group) is 2. The summed E-state index contributed by atoms with van der Waals surface area (Å²) in [4.78, 5) is 4.72. The Labute approximate surface area is 123 Å². The number of anilines is 1. The van der Waals surface area contributed by atoms with E-state index in [0.29, 0.717) is 18.0 Å². The van der Waals surface area contributed by atoms with Gasteiger partial charge in [0.05, 0.1) is 0 Å². The molecule has 0 bridgehead atoms. The molecule has 0 radical (unpaired) electrons. The summed E-state index contributed by atoms with van der Waals surface area (Å²) >= 11 is 0. The lowest BCUT2D eigenvalue weighted by Gasteiger charge is -2.33. The van der Waals surface area contributed by atoms with Crippen LogP contribution in [0.2, 0.25) is 0 Å². The SMILES string of the molecule is CN1CCc2cc(C(CN)N(C)CC(C)(C)C)ccc21. The average Bonchev–Trinajstić information content (AvgIpc) is 2.69. The quantitative estimate of drug-likeness (QED) is 0.917. The maximum absolute atomic E-state index is 6.04. The number of benzene rings is 1. The first-order chi connectivity index (χ1) is 9.31. The van der Waals surface area contributed by atoms with Gasteiger partial charge in [-0.15, -0.1) is 0 Å². The highest BCUT2D eigenvalue weighted by Crippen LogP contribution is 2.31. The Kier molecular flexibility index (Phi) is 4.40. The molecule has 0 spiro atoms. The summed E-state index contributed by atoms with van der Waals surface area (Å²) in [5, 5.41) is 0. The maximum atomic E-state index is 6.04. The van der Waals surface area contributed by atoms with E-state index in [-0.39, 0.29) is 0 Å². The summed E-state index contributed by atoms with van der Waals surface area (Å²) in [5.41, 5.74) is 10.5. The second-order valence-corrected chi connectivity index (χ2v) is 7.29. The third kappa shape index (κ3) is 3.33. The van der Waals surface area contributed by atoms with E-state index in [1.54, 1.807) is 0 Å². The molecule has 112 valence electrons. The number of fused-ring (bicyclic) bond motifs is 1. The minimum Gasteiger partial charge on any atom is -0.374 e. The molecule has 3 nitrogen and oxygen atoms in total. The fourth-order valence-electron chi connectivity index (χ4n) is 3.22. The van der Waals surface area contributed by atoms with Crippen LogP contribution in [-0.2, 0) is 6.42 Å². The maximum Gasteiger partial charge on any atom is 0.0467 e. The molecule has 0 amide bonds. The number of hydrogen-bond acceptors (Lipinski definition) is 3. The first kappa shape index (κ1) is 15.3. The second kappa shape index (κ2) is 5.74. The molecule has 0 aliphatic carbocycles. The zero-order valence-corrected chi connectivity index (χ0v) is 13.6. The van der Waals surface area contributed by atoms with Gasteiger partial charge in [0.25, 0.3) is 0 Å². The van der Waals surface area contributed by atoms with Crippen molar-refractivity contribution in [2.24, 2.45) is 11.1 Å². The Hall–Kier alpha value is -1.06. The average molecular weight is 275 g/mol. The fourth-order valence-corrected chi connectivity index (χ4v) is 3.22. The van der Waals surface area contributed by atoms with Crippen molar-refractivity contribution >= 4 is 5.69 Å². The third-order valence-corrected chi connectivity index (χ3v) is 4.10. The summed E-state index contributed by atoms with van der Waals surface area (Å²) in [7, 11) is 4.35. The van der Waals surface area contributed by atoms with Gasteiger partial charge in [-0.3, -0.25) is 4.90 Å². The van der Waals surface area contributed by atoms with Gasteiger partial charge >= 0.3 is 0 Å². The van der Waals surface area contributed by atoms with Gasteiger partial charge in [-0.05, 0) is 36.1 Å². The minimum atomic E-state index is 0.291. The predicted molar refractivity (Wildman–Crippen MR) is 87.3 cm³/mol. The van der Waals surface area contributed by atoms with Crippen LogP contribution in [0.1, 0.15) is 37.9 Å². The zero-order chi connectivity index (χ0) is 14.9. The van der Waals surface area contributed by atoms with Crippen molar-refractivity contribution in [2.45, 2.75) is 33.2 Å². The molecular weight excluding hydrogens is 246 g/mol. The molecule has 1 heterocycles. The zero-order valence-electron chi connectivity index (χ0n) is 13.6. The summed E-state index contributed by atoms with van der Waals surface area (Å²) in [6.07, 6.45) is 1.15. The molecule has 1 unspecified atom stereocenters. The van der Waals surface area contributed by atoms with Crippen LogP contribution in [0, 0.1) is 5.41 Å². The normalized spacial score (nSPS) is 16.6. The molecule has 1 aromatic rings. The topological polar surface area (TPSA) is 32.5 Å². The minimum absolute atomic E-state index is 0.291. The van der Waals surface area contributed by atoms with Crippen molar-refractivity contribution < 1.29 is 0 Å². The van der Waals surface area contributed by atoms with Crippen LogP contribution in [0.3, 0.4) is 0 Å². The smallest absolute Gasteiger partial charge is 0.0467 e. The van der Waals surface area contributed by atoms with E-state index in [4.69, 9.17) is 5.73 Å². The Morgan fingerprint density at radius 2 is 2.05 bits per heavy atom. The molecule has 0 saturated carbocycles. The monoisotopic (exact) mass is 275 g/mol. The van der Waals surface area contributed by atoms with E-state index < -0.39 is 0 Å². The number of rotatable bonds is 4. The molecule has 1 aliphatic rings. The number of nitrogens with zero attached hydrogens (tertiary/aromatic N) is 2. The van der Waals surface area contributed by atoms with E-state index in [9.17, 15) is 0 Å².